The monoisotopic (exact) mass is 306 g/mol. The fraction of sp³-hybridized carbons (Fsp3) is 0.286. The van der Waals surface area contributed by atoms with E-state index in [9.17, 15) is 4.79 Å². The molecule has 0 unspecified atom stereocenters. The summed E-state index contributed by atoms with van der Waals surface area (Å²) >= 11 is 3.46. The normalized spacial score (nSPS) is 10.9. The summed E-state index contributed by atoms with van der Waals surface area (Å²) in [5.41, 5.74) is 1.67. The molecule has 0 aliphatic carbocycles. The topological polar surface area (TPSA) is 34.9 Å². The lowest BCUT2D eigenvalue weighted by Crippen LogP contribution is -2.14. The number of hydrogen-bond donors (Lipinski definition) is 0. The van der Waals surface area contributed by atoms with Gasteiger partial charge in [0.1, 0.15) is 5.69 Å². The van der Waals surface area contributed by atoms with Crippen molar-refractivity contribution in [2.24, 2.45) is 0 Å². The highest BCUT2D eigenvalue weighted by atomic mass is 79.9. The lowest BCUT2D eigenvalue weighted by atomic mass is 10.1. The van der Waals surface area contributed by atoms with Gasteiger partial charge in [0.15, 0.2) is 5.78 Å². The summed E-state index contributed by atoms with van der Waals surface area (Å²) in [5, 5.41) is 4.18. The third kappa shape index (κ3) is 2.70. The molecule has 0 spiro atoms. The van der Waals surface area contributed by atoms with Crippen molar-refractivity contribution in [3.8, 4) is 0 Å². The number of carbonyl (C=O) groups excluding carboxylic acids is 1. The SMILES string of the molecule is CC(C)n1nccc1C(=O)Cc1ccccc1Br. The zero-order chi connectivity index (χ0) is 13.1. The smallest absolute Gasteiger partial charge is 0.185 e. The van der Waals surface area contributed by atoms with Gasteiger partial charge in [-0.25, -0.2) is 0 Å². The third-order valence-corrected chi connectivity index (χ3v) is 3.53. The molecule has 1 aromatic carbocycles. The molecule has 1 heterocycles. The molecule has 0 aliphatic heterocycles. The van der Waals surface area contributed by atoms with E-state index in [-0.39, 0.29) is 11.8 Å². The second-order valence-corrected chi connectivity index (χ2v) is 5.30. The molecule has 0 atom stereocenters. The lowest BCUT2D eigenvalue weighted by molar-refractivity contribution is 0.0980. The minimum Gasteiger partial charge on any atom is -0.292 e. The van der Waals surface area contributed by atoms with Gasteiger partial charge < -0.3 is 0 Å². The van der Waals surface area contributed by atoms with Gasteiger partial charge in [-0.05, 0) is 31.5 Å². The molecular formula is C14H15BrN2O. The van der Waals surface area contributed by atoms with Crippen LogP contribution in [0.3, 0.4) is 0 Å². The van der Waals surface area contributed by atoms with Crippen LogP contribution in [0.4, 0.5) is 0 Å². The van der Waals surface area contributed by atoms with Crippen molar-refractivity contribution >= 4 is 21.7 Å². The van der Waals surface area contributed by atoms with Crippen LogP contribution < -0.4 is 0 Å². The van der Waals surface area contributed by atoms with Crippen LogP contribution in [0.25, 0.3) is 0 Å². The van der Waals surface area contributed by atoms with Gasteiger partial charge in [-0.2, -0.15) is 5.10 Å². The Labute approximate surface area is 115 Å². The molecule has 18 heavy (non-hydrogen) atoms. The Kier molecular flexibility index (Phi) is 3.97. The van der Waals surface area contributed by atoms with Gasteiger partial charge in [0.25, 0.3) is 0 Å². The lowest BCUT2D eigenvalue weighted by Gasteiger charge is -2.10. The Morgan fingerprint density at radius 3 is 2.72 bits per heavy atom. The molecule has 0 fully saturated rings. The number of rotatable bonds is 4. The first kappa shape index (κ1) is 13.0. The van der Waals surface area contributed by atoms with Gasteiger partial charge >= 0.3 is 0 Å². The first-order valence-electron chi connectivity index (χ1n) is 5.89. The molecule has 2 aromatic rings. The van der Waals surface area contributed by atoms with Crippen LogP contribution in [0.1, 0.15) is 35.9 Å². The predicted octanol–water partition coefficient (Wildman–Crippen LogP) is 3.65. The van der Waals surface area contributed by atoms with Crippen LogP contribution in [0.5, 0.6) is 0 Å². The average Bonchev–Trinajstić information content (AvgIpc) is 2.81. The number of hydrogen-bond acceptors (Lipinski definition) is 2. The van der Waals surface area contributed by atoms with E-state index in [4.69, 9.17) is 0 Å². The van der Waals surface area contributed by atoms with Crippen LogP contribution in [0, 0.1) is 0 Å². The van der Waals surface area contributed by atoms with Crippen molar-refractivity contribution in [1.29, 1.82) is 0 Å². The zero-order valence-corrected chi connectivity index (χ0v) is 12.0. The number of ketones is 1. The fourth-order valence-corrected chi connectivity index (χ4v) is 2.28. The van der Waals surface area contributed by atoms with E-state index in [1.807, 2.05) is 38.1 Å². The van der Waals surface area contributed by atoms with Gasteiger partial charge in [0.05, 0.1) is 0 Å². The highest BCUT2D eigenvalue weighted by Crippen LogP contribution is 2.18. The van der Waals surface area contributed by atoms with Crippen LogP contribution >= 0.6 is 15.9 Å². The van der Waals surface area contributed by atoms with Crippen molar-refractivity contribution < 1.29 is 4.79 Å². The zero-order valence-electron chi connectivity index (χ0n) is 10.4. The average molecular weight is 307 g/mol. The first-order chi connectivity index (χ1) is 8.59. The molecule has 0 bridgehead atoms. The highest BCUT2D eigenvalue weighted by molar-refractivity contribution is 9.10. The third-order valence-electron chi connectivity index (χ3n) is 2.75. The van der Waals surface area contributed by atoms with Crippen molar-refractivity contribution in [2.45, 2.75) is 26.3 Å². The first-order valence-corrected chi connectivity index (χ1v) is 6.69. The second-order valence-electron chi connectivity index (χ2n) is 4.45. The van der Waals surface area contributed by atoms with E-state index in [0.717, 1.165) is 10.0 Å². The van der Waals surface area contributed by atoms with Gasteiger partial charge in [-0.15, -0.1) is 0 Å². The van der Waals surface area contributed by atoms with E-state index >= 15 is 0 Å². The molecular weight excluding hydrogens is 292 g/mol. The number of benzene rings is 1. The summed E-state index contributed by atoms with van der Waals surface area (Å²) in [6.07, 6.45) is 2.06. The van der Waals surface area contributed by atoms with Crippen LogP contribution in [-0.2, 0) is 6.42 Å². The van der Waals surface area contributed by atoms with Crippen LogP contribution in [0.15, 0.2) is 41.0 Å². The Bertz CT molecular complexity index is 560. The molecule has 2 rings (SSSR count). The maximum absolute atomic E-state index is 12.3. The number of carbonyl (C=O) groups is 1. The summed E-state index contributed by atoms with van der Waals surface area (Å²) in [5.74, 6) is 0.0908. The van der Waals surface area contributed by atoms with Gasteiger partial charge in [-0.3, -0.25) is 9.48 Å². The molecule has 1 aromatic heterocycles. The van der Waals surface area contributed by atoms with Crippen molar-refractivity contribution in [3.05, 3.63) is 52.3 Å². The van der Waals surface area contributed by atoms with E-state index < -0.39 is 0 Å². The predicted molar refractivity (Wildman–Crippen MR) is 74.8 cm³/mol. The standard InChI is InChI=1S/C14H15BrN2O/c1-10(2)17-13(7-8-16-17)14(18)9-11-5-3-4-6-12(11)15/h3-8,10H,9H2,1-2H3. The summed E-state index contributed by atoms with van der Waals surface area (Å²) in [6.45, 7) is 4.03. The molecule has 3 nitrogen and oxygen atoms in total. The summed E-state index contributed by atoms with van der Waals surface area (Å²) < 4.78 is 2.73. The maximum Gasteiger partial charge on any atom is 0.185 e. The number of halogens is 1. The number of aromatic nitrogens is 2. The van der Waals surface area contributed by atoms with E-state index in [1.54, 1.807) is 16.9 Å². The Hall–Kier alpha value is -1.42. The summed E-state index contributed by atoms with van der Waals surface area (Å²) in [4.78, 5) is 12.3. The van der Waals surface area contributed by atoms with E-state index in [1.165, 1.54) is 0 Å². The highest BCUT2D eigenvalue weighted by Gasteiger charge is 2.15. The quantitative estimate of drug-likeness (QED) is 0.808. The minimum atomic E-state index is 0.0908. The maximum atomic E-state index is 12.3. The largest absolute Gasteiger partial charge is 0.292 e. The second kappa shape index (κ2) is 5.48. The van der Waals surface area contributed by atoms with Gasteiger partial charge in [-0.1, -0.05) is 34.1 Å². The van der Waals surface area contributed by atoms with Crippen LogP contribution in [0.2, 0.25) is 0 Å². The van der Waals surface area contributed by atoms with E-state index in [0.29, 0.717) is 12.1 Å². The van der Waals surface area contributed by atoms with E-state index in [2.05, 4.69) is 21.0 Å². The fourth-order valence-electron chi connectivity index (χ4n) is 1.85. The summed E-state index contributed by atoms with van der Waals surface area (Å²) in [6, 6.07) is 9.75. The molecule has 0 aliphatic rings. The molecule has 0 N–H and O–H groups in total. The molecule has 0 saturated carbocycles. The van der Waals surface area contributed by atoms with Gasteiger partial charge in [0, 0.05) is 23.1 Å². The Balaban J connectivity index is 2.23. The number of Topliss-reactive ketones (excluding diaryl/α,β-unsaturated/α-hetero) is 1. The molecule has 0 amide bonds. The van der Waals surface area contributed by atoms with Crippen LogP contribution in [-0.4, -0.2) is 15.6 Å². The summed E-state index contributed by atoms with van der Waals surface area (Å²) in [7, 11) is 0. The molecule has 0 radical (unpaired) electrons. The minimum absolute atomic E-state index is 0.0908. The molecule has 94 valence electrons. The molecule has 0 saturated heterocycles. The van der Waals surface area contributed by atoms with Crippen molar-refractivity contribution in [1.82, 2.24) is 9.78 Å². The van der Waals surface area contributed by atoms with Gasteiger partial charge in [0.2, 0.25) is 0 Å². The molecule has 4 heteroatoms. The Morgan fingerprint density at radius 2 is 2.06 bits per heavy atom. The number of nitrogens with zero attached hydrogens (tertiary/aromatic N) is 2. The van der Waals surface area contributed by atoms with Crippen molar-refractivity contribution in [3.63, 3.8) is 0 Å². The Morgan fingerprint density at radius 1 is 1.33 bits per heavy atom. The van der Waals surface area contributed by atoms with Crippen molar-refractivity contribution in [2.75, 3.05) is 0 Å².